The van der Waals surface area contributed by atoms with Crippen molar-refractivity contribution in [3.63, 3.8) is 0 Å². The molecule has 0 fully saturated rings. The maximum Gasteiger partial charge on any atom is 0.0821 e. The van der Waals surface area contributed by atoms with E-state index in [4.69, 9.17) is 0 Å². The monoisotopic (exact) mass is 423 g/mol. The van der Waals surface area contributed by atoms with Crippen molar-refractivity contribution in [1.29, 1.82) is 0 Å². The number of rotatable bonds is 3. The second-order valence-electron chi connectivity index (χ2n) is 10.6. The Morgan fingerprint density at radius 2 is 0.594 bits per heavy atom. The topological polar surface area (TPSA) is 9.72 Å². The van der Waals surface area contributed by atoms with Crippen LogP contribution < -0.4 is 0 Å². The van der Waals surface area contributed by atoms with Crippen LogP contribution in [0, 0.1) is 5.41 Å². The molecule has 3 aliphatic rings. The van der Waals surface area contributed by atoms with E-state index in [1.165, 1.54) is 33.4 Å². The van der Waals surface area contributed by atoms with Gasteiger partial charge in [-0.2, -0.15) is 0 Å². The molecule has 0 N–H and O–H groups in total. The van der Waals surface area contributed by atoms with Gasteiger partial charge in [-0.1, -0.05) is 79.7 Å². The Bertz CT molecular complexity index is 1030. The summed E-state index contributed by atoms with van der Waals surface area (Å²) in [4.78, 5) is 7.52. The molecule has 0 heterocycles. The summed E-state index contributed by atoms with van der Waals surface area (Å²) in [6.45, 7) is 2.56. The van der Waals surface area contributed by atoms with Crippen molar-refractivity contribution in [3.05, 3.63) is 106 Å². The lowest BCUT2D eigenvalue weighted by molar-refractivity contribution is -0.0990. The summed E-state index contributed by atoms with van der Waals surface area (Å²) in [6.07, 6.45) is 0. The third-order valence-corrected chi connectivity index (χ3v) is 9.30. The lowest BCUT2D eigenvalue weighted by atomic mass is 9.58. The molecule has 0 radical (unpaired) electrons. The molecule has 0 spiro atoms. The van der Waals surface area contributed by atoms with Crippen molar-refractivity contribution in [2.45, 2.75) is 23.5 Å². The predicted octanol–water partition coefficient (Wildman–Crippen LogP) is 4.45. The standard InChI is InChI=1S/C29H33N3/c1-26-27(30(2)3)20-14-8-10-16-22(20)28(26,31(4)5)24-18-12-13-19-25(24)29(26,32(6)7)23-17-11-9-15-21(23)27/h8-19H,1-7H3. The SMILES string of the molecule is CN(C)C12c3ccccc3C3(N(C)C)c4ccccc4C(N(C)C)(c4ccccc41)C23C. The van der Waals surface area contributed by atoms with Crippen LogP contribution in [0.3, 0.4) is 0 Å². The van der Waals surface area contributed by atoms with Gasteiger partial charge >= 0.3 is 0 Å². The zero-order valence-corrected chi connectivity index (χ0v) is 20.3. The van der Waals surface area contributed by atoms with Crippen molar-refractivity contribution >= 4 is 0 Å². The van der Waals surface area contributed by atoms with Gasteiger partial charge in [-0.25, -0.2) is 0 Å². The Morgan fingerprint density at radius 3 is 0.750 bits per heavy atom. The average molecular weight is 424 g/mol. The van der Waals surface area contributed by atoms with E-state index in [-0.39, 0.29) is 22.0 Å². The van der Waals surface area contributed by atoms with E-state index < -0.39 is 0 Å². The van der Waals surface area contributed by atoms with Gasteiger partial charge in [-0.15, -0.1) is 0 Å². The largest absolute Gasteiger partial charge is 0.295 e. The highest BCUT2D eigenvalue weighted by Gasteiger charge is 2.86. The van der Waals surface area contributed by atoms with Crippen LogP contribution >= 0.6 is 0 Å². The van der Waals surface area contributed by atoms with Gasteiger partial charge in [0, 0.05) is 5.41 Å². The van der Waals surface area contributed by atoms with Crippen molar-refractivity contribution in [2.75, 3.05) is 42.3 Å². The lowest BCUT2D eigenvalue weighted by Crippen LogP contribution is -2.65. The quantitative estimate of drug-likeness (QED) is 0.616. The molecule has 6 rings (SSSR count). The highest BCUT2D eigenvalue weighted by Crippen LogP contribution is 2.83. The van der Waals surface area contributed by atoms with E-state index in [0.29, 0.717) is 0 Å². The van der Waals surface area contributed by atoms with Gasteiger partial charge < -0.3 is 0 Å². The van der Waals surface area contributed by atoms with Crippen LogP contribution in [0.5, 0.6) is 0 Å². The Kier molecular flexibility index (Phi) is 3.72. The lowest BCUT2D eigenvalue weighted by Gasteiger charge is -2.58. The smallest absolute Gasteiger partial charge is 0.0821 e. The molecule has 3 nitrogen and oxygen atoms in total. The van der Waals surface area contributed by atoms with E-state index in [9.17, 15) is 0 Å². The van der Waals surface area contributed by atoms with Crippen LogP contribution in [-0.4, -0.2) is 57.0 Å². The fourth-order valence-electron chi connectivity index (χ4n) is 8.97. The molecule has 3 aliphatic carbocycles. The van der Waals surface area contributed by atoms with Crippen LogP contribution in [0.15, 0.2) is 72.8 Å². The van der Waals surface area contributed by atoms with Gasteiger partial charge in [0.15, 0.2) is 0 Å². The third-order valence-electron chi connectivity index (χ3n) is 9.30. The summed E-state index contributed by atoms with van der Waals surface area (Å²) in [6, 6.07) is 27.7. The minimum Gasteiger partial charge on any atom is -0.295 e. The first-order valence-electron chi connectivity index (χ1n) is 11.6. The first-order chi connectivity index (χ1) is 15.3. The number of fused-ring (bicyclic) bond motifs is 9. The second-order valence-corrected chi connectivity index (χ2v) is 10.6. The van der Waals surface area contributed by atoms with E-state index in [1.807, 2.05) is 0 Å². The molecule has 0 unspecified atom stereocenters. The molecule has 0 aromatic heterocycles. The molecular formula is C29H33N3. The van der Waals surface area contributed by atoms with Crippen LogP contribution in [-0.2, 0) is 16.6 Å². The van der Waals surface area contributed by atoms with Gasteiger partial charge in [0.2, 0.25) is 0 Å². The van der Waals surface area contributed by atoms with Crippen LogP contribution in [0.1, 0.15) is 40.3 Å². The van der Waals surface area contributed by atoms with E-state index >= 15 is 0 Å². The average Bonchev–Trinajstić information content (AvgIpc) is 3.22. The normalized spacial score (nSPS) is 33.6. The Morgan fingerprint density at radius 1 is 0.406 bits per heavy atom. The summed E-state index contributed by atoms with van der Waals surface area (Å²) in [5, 5.41) is 0. The molecule has 3 heteroatoms. The van der Waals surface area contributed by atoms with Crippen molar-refractivity contribution in [1.82, 2.24) is 14.7 Å². The summed E-state index contributed by atoms with van der Waals surface area (Å²) in [7, 11) is 13.7. The molecule has 0 aliphatic heterocycles. The van der Waals surface area contributed by atoms with Gasteiger partial charge in [-0.05, 0) is 75.7 Å². The Hall–Kier alpha value is -2.46. The molecular weight excluding hydrogens is 390 g/mol. The molecule has 0 amide bonds. The number of nitrogens with zero attached hydrogens (tertiary/aromatic N) is 3. The van der Waals surface area contributed by atoms with Crippen LogP contribution in [0.2, 0.25) is 0 Å². The zero-order chi connectivity index (χ0) is 22.7. The Balaban J connectivity index is 1.99. The summed E-state index contributed by atoms with van der Waals surface area (Å²) in [5.41, 5.74) is 7.60. The predicted molar refractivity (Wildman–Crippen MR) is 131 cm³/mol. The van der Waals surface area contributed by atoms with Crippen LogP contribution in [0.25, 0.3) is 0 Å². The third kappa shape index (κ3) is 1.56. The van der Waals surface area contributed by atoms with Crippen LogP contribution in [0.4, 0.5) is 0 Å². The summed E-state index contributed by atoms with van der Waals surface area (Å²) >= 11 is 0. The molecule has 32 heavy (non-hydrogen) atoms. The van der Waals surface area contributed by atoms with Gasteiger partial charge in [0.05, 0.1) is 16.6 Å². The minimum absolute atomic E-state index is 0.208. The minimum atomic E-state index is -0.270. The molecule has 0 saturated heterocycles. The maximum atomic E-state index is 2.56. The van der Waals surface area contributed by atoms with Gasteiger partial charge in [-0.3, -0.25) is 14.7 Å². The number of hydrogen-bond donors (Lipinski definition) is 0. The molecule has 164 valence electrons. The molecule has 0 bridgehead atoms. The van der Waals surface area contributed by atoms with E-state index in [1.54, 1.807) is 0 Å². The maximum absolute atomic E-state index is 2.56. The van der Waals surface area contributed by atoms with E-state index in [0.717, 1.165) is 0 Å². The highest BCUT2D eigenvalue weighted by atomic mass is 15.3. The fraction of sp³-hybridized carbons (Fsp3) is 0.379. The van der Waals surface area contributed by atoms with Gasteiger partial charge in [0.25, 0.3) is 0 Å². The fourth-order valence-corrected chi connectivity index (χ4v) is 8.97. The second kappa shape index (κ2) is 5.91. The van der Waals surface area contributed by atoms with Gasteiger partial charge in [0.1, 0.15) is 0 Å². The highest BCUT2D eigenvalue weighted by molar-refractivity contribution is 5.76. The molecule has 3 aromatic carbocycles. The number of hydrogen-bond acceptors (Lipinski definition) is 3. The number of benzene rings is 3. The first kappa shape index (κ1) is 20.2. The van der Waals surface area contributed by atoms with E-state index in [2.05, 4.69) is 137 Å². The Labute approximate surface area is 192 Å². The van der Waals surface area contributed by atoms with Crippen molar-refractivity contribution in [3.8, 4) is 0 Å². The summed E-state index contributed by atoms with van der Waals surface area (Å²) < 4.78 is 0. The molecule has 0 saturated carbocycles. The zero-order valence-electron chi connectivity index (χ0n) is 20.3. The molecule has 3 aromatic rings. The van der Waals surface area contributed by atoms with Crippen molar-refractivity contribution < 1.29 is 0 Å². The first-order valence-corrected chi connectivity index (χ1v) is 11.6. The summed E-state index contributed by atoms with van der Waals surface area (Å²) in [5.74, 6) is 0. The molecule has 0 atom stereocenters. The van der Waals surface area contributed by atoms with Crippen molar-refractivity contribution in [2.24, 2.45) is 5.41 Å².